The molecule has 0 aromatic carbocycles. The molecule has 0 spiro atoms. The van der Waals surface area contributed by atoms with Crippen molar-refractivity contribution in [3.05, 3.63) is 20.8 Å². The number of hydrogen-bond donors (Lipinski definition) is 1. The zero-order valence-electron chi connectivity index (χ0n) is 11.9. The number of aliphatic hydroxyl groups is 1. The van der Waals surface area contributed by atoms with E-state index >= 15 is 0 Å². The maximum Gasteiger partial charge on any atom is 0.332 e. The molecule has 110 valence electrons. The minimum absolute atomic E-state index is 0.294. The van der Waals surface area contributed by atoms with E-state index in [0.29, 0.717) is 30.6 Å². The number of hydrogen-bond acceptors (Lipinski definition) is 5. The molecule has 0 unspecified atom stereocenters. The van der Waals surface area contributed by atoms with E-state index < -0.39 is 0 Å². The fourth-order valence-corrected chi connectivity index (χ4v) is 2.20. The zero-order valence-corrected chi connectivity index (χ0v) is 11.9. The van der Waals surface area contributed by atoms with Crippen LogP contribution in [0.5, 0.6) is 0 Å². The molecule has 0 aliphatic carbocycles. The van der Waals surface area contributed by atoms with Gasteiger partial charge in [-0.2, -0.15) is 0 Å². The first-order valence-electron chi connectivity index (χ1n) is 6.60. The summed E-state index contributed by atoms with van der Waals surface area (Å²) in [5.74, 6) is 0. The lowest BCUT2D eigenvalue weighted by Crippen LogP contribution is -2.39. The van der Waals surface area contributed by atoms with Gasteiger partial charge in [0.15, 0.2) is 11.2 Å². The first-order chi connectivity index (χ1) is 9.43. The molecule has 0 radical (unpaired) electrons. The smallest absolute Gasteiger partial charge is 0.332 e. The normalized spacial score (nSPS) is 13.0. The number of rotatable bonds is 5. The lowest BCUT2D eigenvalue weighted by atomic mass is 10.2. The molecule has 0 fully saturated rings. The van der Waals surface area contributed by atoms with Crippen LogP contribution in [0.2, 0.25) is 0 Å². The Morgan fingerprint density at radius 2 is 1.95 bits per heavy atom. The van der Waals surface area contributed by atoms with Gasteiger partial charge in [0.1, 0.15) is 0 Å². The second-order valence-electron chi connectivity index (χ2n) is 5.03. The summed E-state index contributed by atoms with van der Waals surface area (Å²) < 4.78 is 3.91. The highest BCUT2D eigenvalue weighted by atomic mass is 16.3. The van der Waals surface area contributed by atoms with Crippen molar-refractivity contribution in [2.45, 2.75) is 38.8 Å². The number of aliphatic hydroxyl groups excluding tert-OH is 1. The van der Waals surface area contributed by atoms with Crippen LogP contribution in [0.4, 0.5) is 0 Å². The van der Waals surface area contributed by atoms with Gasteiger partial charge in [-0.25, -0.2) is 9.48 Å². The number of unbranched alkanes of at least 4 members (excludes halogenated alkanes) is 1. The molecule has 1 atom stereocenters. The number of aromatic nitrogens is 5. The van der Waals surface area contributed by atoms with Crippen molar-refractivity contribution in [2.24, 2.45) is 14.1 Å². The average Bonchev–Trinajstić information content (AvgIpc) is 2.77. The maximum atomic E-state index is 12.3. The average molecular weight is 281 g/mol. The van der Waals surface area contributed by atoms with E-state index in [9.17, 15) is 14.7 Å². The van der Waals surface area contributed by atoms with E-state index in [4.69, 9.17) is 0 Å². The van der Waals surface area contributed by atoms with Crippen LogP contribution in [-0.4, -0.2) is 35.3 Å². The summed E-state index contributed by atoms with van der Waals surface area (Å²) in [7, 11) is 3.20. The van der Waals surface area contributed by atoms with Crippen molar-refractivity contribution >= 4 is 11.2 Å². The van der Waals surface area contributed by atoms with E-state index in [2.05, 4.69) is 10.3 Å². The lowest BCUT2D eigenvalue weighted by Gasteiger charge is -2.08. The minimum atomic E-state index is -0.389. The quantitative estimate of drug-likeness (QED) is 0.737. The van der Waals surface area contributed by atoms with E-state index in [1.54, 1.807) is 21.0 Å². The van der Waals surface area contributed by atoms with E-state index in [1.807, 2.05) is 0 Å². The molecule has 8 nitrogen and oxygen atoms in total. The second kappa shape index (κ2) is 5.58. The van der Waals surface area contributed by atoms with Gasteiger partial charge in [0.2, 0.25) is 0 Å². The van der Waals surface area contributed by atoms with Gasteiger partial charge < -0.3 is 5.11 Å². The third kappa shape index (κ3) is 2.51. The largest absolute Gasteiger partial charge is 0.393 e. The Hall–Kier alpha value is -1.96. The first-order valence-corrected chi connectivity index (χ1v) is 6.60. The van der Waals surface area contributed by atoms with E-state index in [1.165, 1.54) is 13.8 Å². The Balaban J connectivity index is 2.36. The fraction of sp³-hybridized carbons (Fsp3) is 0.667. The van der Waals surface area contributed by atoms with Crippen molar-refractivity contribution < 1.29 is 5.11 Å². The Kier molecular flexibility index (Phi) is 4.03. The predicted molar refractivity (Wildman–Crippen MR) is 73.5 cm³/mol. The summed E-state index contributed by atoms with van der Waals surface area (Å²) in [6, 6.07) is 0. The lowest BCUT2D eigenvalue weighted by molar-refractivity contribution is 0.180. The third-order valence-corrected chi connectivity index (χ3v) is 3.35. The van der Waals surface area contributed by atoms with Gasteiger partial charge in [-0.3, -0.25) is 13.9 Å². The van der Waals surface area contributed by atoms with Crippen LogP contribution in [0, 0.1) is 0 Å². The van der Waals surface area contributed by atoms with Crippen LogP contribution in [0.3, 0.4) is 0 Å². The Morgan fingerprint density at radius 3 is 2.60 bits per heavy atom. The molecule has 2 aromatic rings. The molecule has 0 aliphatic heterocycles. The van der Waals surface area contributed by atoms with Gasteiger partial charge in [0.05, 0.1) is 6.10 Å². The molecule has 0 saturated heterocycles. The first kappa shape index (κ1) is 14.4. The summed E-state index contributed by atoms with van der Waals surface area (Å²) >= 11 is 0. The van der Waals surface area contributed by atoms with Crippen molar-refractivity contribution in [2.75, 3.05) is 0 Å². The Bertz CT molecular complexity index is 725. The van der Waals surface area contributed by atoms with Gasteiger partial charge in [0, 0.05) is 20.6 Å². The molecule has 0 aliphatic rings. The van der Waals surface area contributed by atoms with Gasteiger partial charge >= 0.3 is 5.69 Å². The highest BCUT2D eigenvalue weighted by molar-refractivity contribution is 5.68. The van der Waals surface area contributed by atoms with Gasteiger partial charge in [-0.1, -0.05) is 5.21 Å². The molecular formula is C12H19N5O3. The zero-order chi connectivity index (χ0) is 14.9. The van der Waals surface area contributed by atoms with Crippen LogP contribution in [-0.2, 0) is 20.6 Å². The summed E-state index contributed by atoms with van der Waals surface area (Å²) in [5, 5.41) is 16.8. The monoisotopic (exact) mass is 281 g/mol. The summed E-state index contributed by atoms with van der Waals surface area (Å²) in [5.41, 5.74) is -0.141. The number of fused-ring (bicyclic) bond motifs is 1. The molecule has 0 bridgehead atoms. The van der Waals surface area contributed by atoms with Crippen LogP contribution in [0.25, 0.3) is 11.2 Å². The Morgan fingerprint density at radius 1 is 1.25 bits per heavy atom. The standard InChI is InChI=1S/C12H19N5O3/c1-8(18)6-4-5-7-17-11(19)9-10(13-14-16(9)3)15(2)12(17)20/h8,18H,4-7H2,1-3H3/t8-/m1/s1. The predicted octanol–water partition coefficient (Wildman–Crippen LogP) is -0.620. The highest BCUT2D eigenvalue weighted by Gasteiger charge is 2.15. The highest BCUT2D eigenvalue weighted by Crippen LogP contribution is 2.03. The molecule has 0 amide bonds. The van der Waals surface area contributed by atoms with Gasteiger partial charge in [-0.15, -0.1) is 5.10 Å². The van der Waals surface area contributed by atoms with Crippen molar-refractivity contribution in [1.82, 2.24) is 24.1 Å². The van der Waals surface area contributed by atoms with E-state index in [0.717, 1.165) is 6.42 Å². The fourth-order valence-electron chi connectivity index (χ4n) is 2.20. The van der Waals surface area contributed by atoms with Crippen LogP contribution < -0.4 is 11.2 Å². The van der Waals surface area contributed by atoms with Crippen molar-refractivity contribution in [3.63, 3.8) is 0 Å². The van der Waals surface area contributed by atoms with Crippen LogP contribution in [0.1, 0.15) is 26.2 Å². The maximum absolute atomic E-state index is 12.3. The molecular weight excluding hydrogens is 262 g/mol. The molecule has 2 heterocycles. The summed E-state index contributed by atoms with van der Waals surface area (Å²) in [6.45, 7) is 2.05. The molecule has 2 rings (SSSR count). The minimum Gasteiger partial charge on any atom is -0.393 e. The van der Waals surface area contributed by atoms with Gasteiger partial charge in [-0.05, 0) is 26.2 Å². The van der Waals surface area contributed by atoms with Gasteiger partial charge in [0.25, 0.3) is 5.56 Å². The van der Waals surface area contributed by atoms with Crippen molar-refractivity contribution in [1.29, 1.82) is 0 Å². The van der Waals surface area contributed by atoms with Crippen LogP contribution in [0.15, 0.2) is 9.59 Å². The van der Waals surface area contributed by atoms with Crippen molar-refractivity contribution in [3.8, 4) is 0 Å². The van der Waals surface area contributed by atoms with E-state index in [-0.39, 0.29) is 17.4 Å². The summed E-state index contributed by atoms with van der Waals surface area (Å²) in [6.07, 6.45) is 1.72. The molecule has 2 aromatic heterocycles. The summed E-state index contributed by atoms with van der Waals surface area (Å²) in [4.78, 5) is 24.5. The molecule has 0 saturated carbocycles. The second-order valence-corrected chi connectivity index (χ2v) is 5.03. The molecule has 1 N–H and O–H groups in total. The number of aryl methyl sites for hydroxylation is 2. The third-order valence-electron chi connectivity index (χ3n) is 3.35. The topological polar surface area (TPSA) is 94.9 Å². The van der Waals surface area contributed by atoms with Crippen LogP contribution >= 0.6 is 0 Å². The molecule has 20 heavy (non-hydrogen) atoms. The Labute approximate surface area is 115 Å². The SMILES string of the molecule is C[C@@H](O)CCCCn1c(=O)c2c(nnn2C)n(C)c1=O. The number of nitrogens with zero attached hydrogens (tertiary/aromatic N) is 5. The molecule has 8 heteroatoms.